The standard InChI is InChI=1S/C32H16N8.C5H12.CH4.B.Cu.H2/c1-2-10-18-17(9-1)25-33-26(18)38-28-21-13-5-6-14-22(21)30(35-28)40-32-24-16-8-7-15-23(24)31(36-32)39-29-20-12-4-3-11-19(20)27(34-29)37-25;1-5(2,3)4;;;;/h1-16H;1-4H3;1H4;;;1H/q-2;;;;+2;/i;;;;;1+1. The van der Waals surface area contributed by atoms with Crippen molar-refractivity contribution in [2.45, 2.75) is 35.1 Å². The van der Waals surface area contributed by atoms with Crippen molar-refractivity contribution in [2.24, 2.45) is 5.41 Å². The first-order valence-electron chi connectivity index (χ1n) is 14.9. The fourth-order valence-corrected chi connectivity index (χ4v) is 5.46. The molecule has 4 radical (unpaired) electrons. The van der Waals surface area contributed by atoms with Gasteiger partial charge in [-0.3, -0.25) is 0 Å². The van der Waals surface area contributed by atoms with E-state index in [1.165, 1.54) is 0 Å². The number of aromatic nitrogens is 8. The SMILES string of the molecule is C.CC(C)(C)C.[2HH].[B].[Cu+2].c1ccc2c(c1)-c1nc-2nc2[n-]c(nc3nc(nc4[n-]c(n1)c1ccccc41)-c1ccccc1-3)c1ccccc21. The summed E-state index contributed by atoms with van der Waals surface area (Å²) in [6.07, 6.45) is 0. The third kappa shape index (κ3) is 6.12. The third-order valence-electron chi connectivity index (χ3n) is 7.33. The van der Waals surface area contributed by atoms with E-state index >= 15 is 0 Å². The van der Waals surface area contributed by atoms with Gasteiger partial charge in [0.2, 0.25) is 0 Å². The summed E-state index contributed by atoms with van der Waals surface area (Å²) in [5, 5.41) is 3.57. The molecule has 0 N–H and O–H groups in total. The summed E-state index contributed by atoms with van der Waals surface area (Å²) in [5.41, 5.74) is 6.28. The molecule has 0 atom stereocenters. The van der Waals surface area contributed by atoms with E-state index in [2.05, 4.69) is 27.7 Å². The average molecular weight is 678 g/mol. The minimum atomic E-state index is 0. The summed E-state index contributed by atoms with van der Waals surface area (Å²) < 4.78 is 0. The Balaban J connectivity index is 0.000000564. The Hall–Kier alpha value is -5.18. The summed E-state index contributed by atoms with van der Waals surface area (Å²) in [4.78, 5) is 39.3. The van der Waals surface area contributed by atoms with Gasteiger partial charge in [0.25, 0.3) is 0 Å². The molecule has 240 valence electrons. The second kappa shape index (κ2) is 13.1. The van der Waals surface area contributed by atoms with E-state index in [0.29, 0.717) is 51.3 Å². The zero-order valence-electron chi connectivity index (χ0n) is 26.2. The average Bonchev–Trinajstić information content (AvgIpc) is 3.76. The smallest absolute Gasteiger partial charge is 0.357 e. The van der Waals surface area contributed by atoms with Crippen molar-refractivity contribution < 1.29 is 18.5 Å². The molecule has 7 aromatic rings. The Morgan fingerprint density at radius 2 is 0.625 bits per heavy atom. The van der Waals surface area contributed by atoms with Crippen molar-refractivity contribution >= 4 is 52.5 Å². The van der Waals surface area contributed by atoms with E-state index in [4.69, 9.17) is 39.9 Å². The minimum Gasteiger partial charge on any atom is -0.357 e. The molecule has 10 heteroatoms. The van der Waals surface area contributed by atoms with Crippen molar-refractivity contribution in [1.29, 1.82) is 0 Å². The first-order valence-corrected chi connectivity index (χ1v) is 14.9. The molecular formula is C38H34BCuN8. The van der Waals surface area contributed by atoms with E-state index in [9.17, 15) is 0 Å². The van der Waals surface area contributed by atoms with E-state index in [0.717, 1.165) is 43.8 Å². The molecule has 0 unspecified atom stereocenters. The molecule has 0 spiro atoms. The number of benzene rings is 4. The maximum Gasteiger partial charge on any atom is 2.00 e. The van der Waals surface area contributed by atoms with Crippen LogP contribution in [0, 0.1) is 5.41 Å². The summed E-state index contributed by atoms with van der Waals surface area (Å²) in [7, 11) is 0. The molecule has 0 fully saturated rings. The largest absolute Gasteiger partial charge is 2.00 e. The maximum absolute atomic E-state index is 4.95. The van der Waals surface area contributed by atoms with E-state index in [1.54, 1.807) is 0 Å². The molecule has 9 rings (SSSR count). The molecular weight excluding hydrogens is 643 g/mol. The zero-order chi connectivity index (χ0) is 30.7. The summed E-state index contributed by atoms with van der Waals surface area (Å²) >= 11 is 0. The first-order chi connectivity index (χ1) is 21.8. The molecule has 0 saturated carbocycles. The Morgan fingerprint density at radius 3 is 0.854 bits per heavy atom. The van der Waals surface area contributed by atoms with Crippen molar-refractivity contribution in [3.8, 4) is 45.6 Å². The van der Waals surface area contributed by atoms with E-state index in [1.807, 2.05) is 97.1 Å². The van der Waals surface area contributed by atoms with Gasteiger partial charge in [0, 0.05) is 54.7 Å². The molecule has 2 aliphatic rings. The van der Waals surface area contributed by atoms with Gasteiger partial charge >= 0.3 is 17.1 Å². The first kappa shape index (κ1) is 34.2. The molecule has 3 aromatic heterocycles. The van der Waals surface area contributed by atoms with Gasteiger partial charge in [-0.1, -0.05) is 132 Å². The van der Waals surface area contributed by atoms with Crippen molar-refractivity contribution in [3.05, 3.63) is 97.1 Å². The molecule has 48 heavy (non-hydrogen) atoms. The number of rotatable bonds is 0. The minimum absolute atomic E-state index is 0. The number of fused-ring (bicyclic) bond motifs is 20. The molecule has 5 heterocycles. The Kier molecular flexibility index (Phi) is 9.36. The van der Waals surface area contributed by atoms with Crippen molar-refractivity contribution in [2.75, 3.05) is 0 Å². The van der Waals surface area contributed by atoms with E-state index < -0.39 is 0 Å². The molecule has 2 aliphatic heterocycles. The quantitative estimate of drug-likeness (QED) is 0.147. The normalized spacial score (nSPS) is 11.2. The van der Waals surface area contributed by atoms with Gasteiger partial charge in [0.1, 0.15) is 0 Å². The van der Waals surface area contributed by atoms with Crippen LogP contribution in [0.3, 0.4) is 0 Å². The Morgan fingerprint density at radius 1 is 0.417 bits per heavy atom. The van der Waals surface area contributed by atoms with Crippen LogP contribution in [0.2, 0.25) is 0 Å². The fourth-order valence-electron chi connectivity index (χ4n) is 5.46. The molecule has 8 bridgehead atoms. The topological polar surface area (TPSA) is 106 Å². The van der Waals surface area contributed by atoms with Crippen LogP contribution in [0.4, 0.5) is 0 Å². The van der Waals surface area contributed by atoms with Gasteiger partial charge in [-0.25, -0.2) is 9.97 Å². The molecule has 8 nitrogen and oxygen atoms in total. The van der Waals surface area contributed by atoms with Gasteiger partial charge in [0.15, 0.2) is 0 Å². The predicted octanol–water partition coefficient (Wildman–Crippen LogP) is 8.68. The summed E-state index contributed by atoms with van der Waals surface area (Å²) in [6, 6.07) is 31.8. The second-order valence-electron chi connectivity index (χ2n) is 12.7. The zero-order valence-corrected chi connectivity index (χ0v) is 27.1. The predicted molar refractivity (Wildman–Crippen MR) is 194 cm³/mol. The summed E-state index contributed by atoms with van der Waals surface area (Å²) in [6.45, 7) is 8.75. The van der Waals surface area contributed by atoms with Crippen LogP contribution in [0.1, 0.15) is 36.5 Å². The number of hydrogen-bond donors (Lipinski definition) is 0. The van der Waals surface area contributed by atoms with Crippen LogP contribution in [-0.4, -0.2) is 38.3 Å². The molecule has 0 aliphatic carbocycles. The maximum atomic E-state index is 4.95. The van der Waals surface area contributed by atoms with Crippen LogP contribution in [0.5, 0.6) is 0 Å². The molecule has 0 saturated heterocycles. The van der Waals surface area contributed by atoms with Crippen LogP contribution >= 0.6 is 0 Å². The van der Waals surface area contributed by atoms with Crippen molar-refractivity contribution in [3.63, 3.8) is 0 Å². The number of nitrogens with zero attached hydrogens (tertiary/aromatic N) is 8. The monoisotopic (exact) mass is 677 g/mol. The van der Waals surface area contributed by atoms with Gasteiger partial charge < -0.3 is 29.9 Å². The van der Waals surface area contributed by atoms with Gasteiger partial charge in [-0.05, 0) is 27.0 Å². The third-order valence-corrected chi connectivity index (χ3v) is 7.33. The second-order valence-corrected chi connectivity index (χ2v) is 12.7. The van der Waals surface area contributed by atoms with Gasteiger partial charge in [-0.15, -0.1) is 0 Å². The van der Waals surface area contributed by atoms with Crippen molar-refractivity contribution in [1.82, 2.24) is 39.9 Å². The van der Waals surface area contributed by atoms with Crippen LogP contribution in [-0.2, 0) is 17.1 Å². The molecule has 0 amide bonds. The Labute approximate surface area is 293 Å². The fraction of sp³-hybridized carbons (Fsp3) is 0.158. The van der Waals surface area contributed by atoms with Crippen LogP contribution in [0.15, 0.2) is 97.1 Å². The van der Waals surface area contributed by atoms with Crippen LogP contribution < -0.4 is 9.97 Å². The van der Waals surface area contributed by atoms with Gasteiger partial charge in [-0.2, -0.15) is 0 Å². The number of hydrogen-bond acceptors (Lipinski definition) is 6. The summed E-state index contributed by atoms with van der Waals surface area (Å²) in [5.74, 6) is 2.21. The van der Waals surface area contributed by atoms with Crippen LogP contribution in [0.25, 0.3) is 89.7 Å². The van der Waals surface area contributed by atoms with E-state index in [-0.39, 0.29) is 34.3 Å². The van der Waals surface area contributed by atoms with Gasteiger partial charge in [0.05, 0.1) is 23.3 Å². The Bertz CT molecular complexity index is 2140. The molecule has 4 aromatic carbocycles.